The molecule has 134 valence electrons. The van der Waals surface area contributed by atoms with Gasteiger partial charge in [0.2, 0.25) is 0 Å². The van der Waals surface area contributed by atoms with Crippen molar-refractivity contribution in [1.29, 1.82) is 5.26 Å². The molecule has 1 aliphatic rings. The Morgan fingerprint density at radius 3 is 2.00 bits per heavy atom. The monoisotopic (exact) mass is 350 g/mol. The molecule has 0 aliphatic carbocycles. The molecule has 1 aliphatic heterocycles. The third kappa shape index (κ3) is 3.55. The number of nitriles is 1. The predicted molar refractivity (Wildman–Crippen MR) is 102 cm³/mol. The third-order valence-electron chi connectivity index (χ3n) is 5.10. The van der Waals surface area contributed by atoms with Crippen LogP contribution in [0.3, 0.4) is 0 Å². The number of nitrogens with zero attached hydrogens (tertiary/aromatic N) is 1. The number of rotatable bonds is 4. The van der Waals surface area contributed by atoms with Crippen molar-refractivity contribution in [3.05, 3.63) is 54.1 Å². The van der Waals surface area contributed by atoms with Crippen molar-refractivity contribution in [2.45, 2.75) is 44.9 Å². The fourth-order valence-electron chi connectivity index (χ4n) is 2.74. The van der Waals surface area contributed by atoms with Crippen LogP contribution in [0.2, 0.25) is 0 Å². The number of benzene rings is 2. The maximum Gasteiger partial charge on any atom is 0.494 e. The number of phenolic OH excluding ortho intramolecular Hbond substituents is 1. The molecule has 2 aromatic rings. The minimum atomic E-state index is -0.494. The fourth-order valence-corrected chi connectivity index (χ4v) is 2.74. The predicted octanol–water partition coefficient (Wildman–Crippen LogP) is 3.37. The lowest BCUT2D eigenvalue weighted by Crippen LogP contribution is -2.41. The van der Waals surface area contributed by atoms with E-state index in [0.29, 0.717) is 0 Å². The van der Waals surface area contributed by atoms with Crippen molar-refractivity contribution < 1.29 is 14.4 Å². The Kier molecular flexibility index (Phi) is 4.70. The average Bonchev–Trinajstić information content (AvgIpc) is 2.82. The first-order valence-corrected chi connectivity index (χ1v) is 8.62. The van der Waals surface area contributed by atoms with Gasteiger partial charge in [-0.25, -0.2) is 0 Å². The molecule has 26 heavy (non-hydrogen) atoms. The van der Waals surface area contributed by atoms with Gasteiger partial charge in [-0.1, -0.05) is 24.3 Å². The van der Waals surface area contributed by atoms with Gasteiger partial charge >= 0.3 is 7.12 Å². The van der Waals surface area contributed by atoms with E-state index in [1.54, 1.807) is 24.3 Å². The zero-order chi connectivity index (χ0) is 18.9. The normalized spacial score (nSPS) is 19.0. The molecule has 1 saturated heterocycles. The number of hydrogen-bond acceptors (Lipinski definition) is 5. The Bertz CT molecular complexity index is 794. The summed E-state index contributed by atoms with van der Waals surface area (Å²) in [6.45, 7) is 8.09. The summed E-state index contributed by atoms with van der Waals surface area (Å²) in [6, 6.07) is 16.1. The van der Waals surface area contributed by atoms with Gasteiger partial charge in [0.1, 0.15) is 11.8 Å². The molecular formula is C20H23BN2O3. The molecule has 0 spiro atoms. The first-order valence-electron chi connectivity index (χ1n) is 8.62. The SMILES string of the molecule is CC1(C)OB(c2ccc(C(C#N)Nc3ccc(O)cc3)cc2)OC1(C)C. The highest BCUT2D eigenvalue weighted by molar-refractivity contribution is 6.62. The second-order valence-electron chi connectivity index (χ2n) is 7.51. The van der Waals surface area contributed by atoms with Gasteiger partial charge in [-0.15, -0.1) is 0 Å². The van der Waals surface area contributed by atoms with Crippen molar-refractivity contribution in [3.8, 4) is 11.8 Å². The van der Waals surface area contributed by atoms with E-state index in [-0.39, 0.29) is 17.0 Å². The second kappa shape index (κ2) is 6.67. The second-order valence-corrected chi connectivity index (χ2v) is 7.51. The minimum absolute atomic E-state index is 0.191. The van der Waals surface area contributed by atoms with Gasteiger partial charge in [-0.3, -0.25) is 0 Å². The van der Waals surface area contributed by atoms with E-state index in [4.69, 9.17) is 9.31 Å². The largest absolute Gasteiger partial charge is 0.508 e. The molecule has 0 bridgehead atoms. The molecule has 5 nitrogen and oxygen atoms in total. The lowest BCUT2D eigenvalue weighted by molar-refractivity contribution is 0.00578. The molecule has 2 N–H and O–H groups in total. The highest BCUT2D eigenvalue weighted by Crippen LogP contribution is 2.36. The summed E-state index contributed by atoms with van der Waals surface area (Å²) in [4.78, 5) is 0. The first-order chi connectivity index (χ1) is 12.2. The van der Waals surface area contributed by atoms with Crippen LogP contribution in [0.4, 0.5) is 5.69 Å². The summed E-state index contributed by atoms with van der Waals surface area (Å²) in [6.07, 6.45) is 0. The van der Waals surface area contributed by atoms with Crippen LogP contribution < -0.4 is 10.8 Å². The Morgan fingerprint density at radius 2 is 1.50 bits per heavy atom. The van der Waals surface area contributed by atoms with Crippen molar-refractivity contribution >= 4 is 18.3 Å². The van der Waals surface area contributed by atoms with E-state index in [2.05, 4.69) is 11.4 Å². The molecule has 0 amide bonds. The molecule has 2 aromatic carbocycles. The van der Waals surface area contributed by atoms with Gasteiger partial charge in [0.05, 0.1) is 17.3 Å². The van der Waals surface area contributed by atoms with E-state index in [1.165, 1.54) is 0 Å². The zero-order valence-electron chi connectivity index (χ0n) is 15.5. The van der Waals surface area contributed by atoms with Gasteiger partial charge in [0.15, 0.2) is 0 Å². The standard InChI is InChI=1S/C20H23BN2O3/c1-19(2)20(3,4)26-21(25-19)15-7-5-14(6-8-15)18(13-22)23-16-9-11-17(24)12-10-16/h5-12,18,23-24H,1-4H3. The Balaban J connectivity index is 1.74. The van der Waals surface area contributed by atoms with Crippen LogP contribution in [-0.2, 0) is 9.31 Å². The lowest BCUT2D eigenvalue weighted by atomic mass is 9.78. The van der Waals surface area contributed by atoms with Gasteiger partial charge in [0, 0.05) is 5.69 Å². The quantitative estimate of drug-likeness (QED) is 0.653. The molecule has 6 heteroatoms. The zero-order valence-corrected chi connectivity index (χ0v) is 15.5. The van der Waals surface area contributed by atoms with E-state index in [1.807, 2.05) is 52.0 Å². The Morgan fingerprint density at radius 1 is 0.962 bits per heavy atom. The maximum absolute atomic E-state index is 9.50. The molecular weight excluding hydrogens is 327 g/mol. The van der Waals surface area contributed by atoms with Crippen LogP contribution in [0.5, 0.6) is 5.75 Å². The molecule has 1 fully saturated rings. The summed E-state index contributed by atoms with van der Waals surface area (Å²) >= 11 is 0. The topological polar surface area (TPSA) is 74.5 Å². The van der Waals surface area contributed by atoms with Crippen LogP contribution in [0.25, 0.3) is 0 Å². The van der Waals surface area contributed by atoms with E-state index >= 15 is 0 Å². The van der Waals surface area contributed by atoms with E-state index < -0.39 is 13.2 Å². The highest BCUT2D eigenvalue weighted by Gasteiger charge is 2.51. The van der Waals surface area contributed by atoms with Crippen molar-refractivity contribution in [1.82, 2.24) is 0 Å². The molecule has 0 radical (unpaired) electrons. The van der Waals surface area contributed by atoms with Crippen LogP contribution in [-0.4, -0.2) is 23.4 Å². The summed E-state index contributed by atoms with van der Waals surface area (Å²) in [5, 5.41) is 22.0. The smallest absolute Gasteiger partial charge is 0.494 e. The lowest BCUT2D eigenvalue weighted by Gasteiger charge is -2.32. The number of aromatic hydroxyl groups is 1. The highest BCUT2D eigenvalue weighted by atomic mass is 16.7. The van der Waals surface area contributed by atoms with Crippen LogP contribution in [0, 0.1) is 11.3 Å². The fraction of sp³-hybridized carbons (Fsp3) is 0.350. The van der Waals surface area contributed by atoms with Gasteiger partial charge < -0.3 is 19.7 Å². The maximum atomic E-state index is 9.50. The number of anilines is 1. The van der Waals surface area contributed by atoms with E-state index in [0.717, 1.165) is 16.7 Å². The first kappa shape index (κ1) is 18.3. The van der Waals surface area contributed by atoms with E-state index in [9.17, 15) is 10.4 Å². The number of nitrogens with one attached hydrogen (secondary N) is 1. The van der Waals surface area contributed by atoms with Crippen molar-refractivity contribution in [3.63, 3.8) is 0 Å². The van der Waals surface area contributed by atoms with Crippen molar-refractivity contribution in [2.24, 2.45) is 0 Å². The Labute approximate surface area is 154 Å². The minimum Gasteiger partial charge on any atom is -0.508 e. The van der Waals surface area contributed by atoms with Gasteiger partial charge in [-0.2, -0.15) is 5.26 Å². The molecule has 3 rings (SSSR count). The summed E-state index contributed by atoms with van der Waals surface area (Å²) < 4.78 is 12.1. The van der Waals surface area contributed by atoms with Crippen LogP contribution in [0.1, 0.15) is 39.3 Å². The molecule has 1 atom stereocenters. The molecule has 1 heterocycles. The summed E-state index contributed by atoms with van der Waals surface area (Å²) in [5.74, 6) is 0.191. The molecule has 1 unspecified atom stereocenters. The molecule has 0 aromatic heterocycles. The number of phenols is 1. The van der Waals surface area contributed by atoms with Crippen LogP contribution in [0.15, 0.2) is 48.5 Å². The van der Waals surface area contributed by atoms with Gasteiger partial charge in [-0.05, 0) is 63.0 Å². The summed E-state index contributed by atoms with van der Waals surface area (Å²) in [7, 11) is -0.417. The number of hydrogen-bond donors (Lipinski definition) is 2. The van der Waals surface area contributed by atoms with Crippen LogP contribution >= 0.6 is 0 Å². The molecule has 0 saturated carbocycles. The van der Waals surface area contributed by atoms with Gasteiger partial charge in [0.25, 0.3) is 0 Å². The summed E-state index contributed by atoms with van der Waals surface area (Å²) in [5.41, 5.74) is 1.77. The van der Waals surface area contributed by atoms with Crippen molar-refractivity contribution in [2.75, 3.05) is 5.32 Å². The third-order valence-corrected chi connectivity index (χ3v) is 5.10. The Hall–Kier alpha value is -2.49. The average molecular weight is 350 g/mol.